The molecule has 4 aromatic rings. The van der Waals surface area contributed by atoms with Gasteiger partial charge in [-0.1, -0.05) is 35.9 Å². The van der Waals surface area contributed by atoms with Gasteiger partial charge in [0.15, 0.2) is 5.82 Å². The van der Waals surface area contributed by atoms with Crippen LogP contribution in [0.15, 0.2) is 47.5 Å². The minimum atomic E-state index is -0.695. The molecule has 0 bridgehead atoms. The van der Waals surface area contributed by atoms with E-state index >= 15 is 0 Å². The van der Waals surface area contributed by atoms with Crippen LogP contribution in [0.25, 0.3) is 5.00 Å². The Morgan fingerprint density at radius 2 is 1.49 bits per heavy atom. The van der Waals surface area contributed by atoms with Gasteiger partial charge < -0.3 is 39.2 Å². The molecule has 1 aliphatic carbocycles. The van der Waals surface area contributed by atoms with E-state index in [-0.39, 0.29) is 55.2 Å². The summed E-state index contributed by atoms with van der Waals surface area (Å²) in [5.74, 6) is -0.0948. The van der Waals surface area contributed by atoms with Crippen LogP contribution in [0.3, 0.4) is 0 Å². The highest BCUT2D eigenvalue weighted by Crippen LogP contribution is 2.48. The van der Waals surface area contributed by atoms with E-state index in [2.05, 4.69) is 40.0 Å². The molecule has 2 aromatic carbocycles. The quantitative estimate of drug-likeness (QED) is 0.0742. The predicted molar refractivity (Wildman–Crippen MR) is 247 cm³/mol. The Morgan fingerprint density at radius 3 is 2.18 bits per heavy atom. The van der Waals surface area contributed by atoms with Gasteiger partial charge in [-0.3, -0.25) is 38.8 Å². The third kappa shape index (κ3) is 11.0. The van der Waals surface area contributed by atoms with Crippen LogP contribution in [0.5, 0.6) is 0 Å². The normalized spacial score (nSPS) is 19.6. The number of aliphatic imine (C=N–C) groups is 1. The van der Waals surface area contributed by atoms with Crippen molar-refractivity contribution in [1.82, 2.24) is 35.6 Å². The van der Waals surface area contributed by atoms with Crippen molar-refractivity contribution in [2.45, 2.75) is 77.1 Å². The summed E-state index contributed by atoms with van der Waals surface area (Å²) in [6, 6.07) is 11.5. The van der Waals surface area contributed by atoms with Crippen molar-refractivity contribution in [2.75, 3.05) is 72.6 Å². The molecule has 8 rings (SSSR count). The Balaban J connectivity index is 0.653. The molecule has 18 nitrogen and oxygen atoms in total. The lowest BCUT2D eigenvalue weighted by atomic mass is 9.84. The number of carbonyl (C=O) groups is 5. The Kier molecular flexibility index (Phi) is 15.9. The van der Waals surface area contributed by atoms with E-state index in [9.17, 15) is 24.0 Å². The zero-order valence-electron chi connectivity index (χ0n) is 37.8. The molecule has 0 spiro atoms. The lowest BCUT2D eigenvalue weighted by Gasteiger charge is -2.37. The first-order valence-electron chi connectivity index (χ1n) is 22.6. The highest BCUT2D eigenvalue weighted by molar-refractivity contribution is 7.15. The molecule has 2 aromatic heterocycles. The summed E-state index contributed by atoms with van der Waals surface area (Å²) in [6.07, 6.45) is 1.36. The smallest absolute Gasteiger partial charge is 0.255 e. The first-order chi connectivity index (χ1) is 32.5. The van der Waals surface area contributed by atoms with E-state index in [1.807, 2.05) is 41.8 Å². The minimum Gasteiger partial charge on any atom is -0.377 e. The minimum absolute atomic E-state index is 0.0886. The van der Waals surface area contributed by atoms with Gasteiger partial charge in [-0.2, -0.15) is 0 Å². The molecule has 5 heterocycles. The highest BCUT2D eigenvalue weighted by Gasteiger charge is 2.48. The largest absolute Gasteiger partial charge is 0.377 e. The maximum atomic E-state index is 13.4. The highest BCUT2D eigenvalue weighted by atomic mass is 35.5. The summed E-state index contributed by atoms with van der Waals surface area (Å²) >= 11 is 7.88. The third-order valence-corrected chi connectivity index (χ3v) is 13.7. The third-order valence-electron chi connectivity index (χ3n) is 12.3. The average Bonchev–Trinajstić information content (AvgIpc) is 3.91. The molecule has 1 fully saturated rings. The topological polar surface area (TPSA) is 214 Å². The van der Waals surface area contributed by atoms with Gasteiger partial charge in [-0.15, -0.1) is 21.5 Å². The van der Waals surface area contributed by atoms with Gasteiger partial charge in [0.2, 0.25) is 23.6 Å². The molecule has 3 N–H and O–H groups in total. The molecule has 67 heavy (non-hydrogen) atoms. The van der Waals surface area contributed by atoms with Crippen LogP contribution in [0, 0.1) is 20.8 Å². The molecule has 3 aliphatic heterocycles. The van der Waals surface area contributed by atoms with Crippen LogP contribution in [-0.4, -0.2) is 134 Å². The molecular formula is C47H55ClN8O10S. The number of nitrogens with one attached hydrogen (secondary N) is 3. The van der Waals surface area contributed by atoms with Gasteiger partial charge in [-0.05, 0) is 74.9 Å². The lowest BCUT2D eigenvalue weighted by molar-refractivity contribution is -0.138. The van der Waals surface area contributed by atoms with Gasteiger partial charge in [0.1, 0.15) is 29.5 Å². The molecule has 1 saturated heterocycles. The fraction of sp³-hybridized carbons (Fsp3) is 0.489. The number of ether oxygens (including phenoxy) is 5. The number of amides is 5. The molecular weight excluding hydrogens is 904 g/mol. The lowest BCUT2D eigenvalue weighted by Crippen LogP contribution is -2.53. The number of benzene rings is 2. The molecule has 5 amide bonds. The first kappa shape index (κ1) is 48.1. The maximum absolute atomic E-state index is 13.4. The Bertz CT molecular complexity index is 2510. The monoisotopic (exact) mass is 958 g/mol. The van der Waals surface area contributed by atoms with Crippen molar-refractivity contribution >= 4 is 58.2 Å². The van der Waals surface area contributed by atoms with Crippen LogP contribution >= 0.6 is 22.9 Å². The van der Waals surface area contributed by atoms with E-state index in [1.54, 1.807) is 28.4 Å². The van der Waals surface area contributed by atoms with Crippen molar-refractivity contribution in [2.24, 2.45) is 4.99 Å². The summed E-state index contributed by atoms with van der Waals surface area (Å²) in [7, 11) is 0. The number of carbonyl (C=O) groups excluding carboxylic acids is 5. The summed E-state index contributed by atoms with van der Waals surface area (Å²) in [6.45, 7) is 9.40. The second kappa shape index (κ2) is 22.1. The van der Waals surface area contributed by atoms with Crippen molar-refractivity contribution in [1.29, 1.82) is 0 Å². The summed E-state index contributed by atoms with van der Waals surface area (Å²) in [5, 5.41) is 18.6. The number of rotatable bonds is 22. The summed E-state index contributed by atoms with van der Waals surface area (Å²) in [4.78, 5) is 71.5. The van der Waals surface area contributed by atoms with E-state index in [0.717, 1.165) is 44.4 Å². The number of hydrogen-bond acceptors (Lipinski definition) is 14. The molecule has 356 valence electrons. The summed E-state index contributed by atoms with van der Waals surface area (Å²) in [5.41, 5.74) is 6.06. The number of thiophene rings is 1. The van der Waals surface area contributed by atoms with Gasteiger partial charge in [0.25, 0.3) is 5.91 Å². The second-order valence-corrected chi connectivity index (χ2v) is 18.3. The Hall–Kier alpha value is -5.41. The molecule has 3 unspecified atom stereocenters. The van der Waals surface area contributed by atoms with Crippen molar-refractivity contribution < 1.29 is 47.7 Å². The first-order valence-corrected chi connectivity index (χ1v) is 23.8. The standard InChI is InChI=1S/C47H55ClN8O10S/c1-27-28(2)67-47-41(27)43(30-7-9-31(48)10-8-30)51-34(44-54-53-29(3)55(44)47)25-39(58)49-15-17-62-19-21-64-23-24-65-22-20-63-18-16-50-40(59)26-66-37-13-11-35-42-32(37)5-4-6-33(42)46(61)56(35)36-12-14-38(57)52-45(36)60/h4-10,34-37H,11-26H2,1-3H3,(H,49,58)(H,50,59)(H,52,57,60)/t34-,35?,36?,37?/m0/s1. The van der Waals surface area contributed by atoms with Crippen molar-refractivity contribution in [3.05, 3.63) is 97.4 Å². The SMILES string of the molecule is Cc1sc2c(c1C)C(c1ccc(Cl)cc1)=N[C@@H](CC(=O)NCCOCCOCCOCCOCCNC(=O)COC1CCC3c4c(cccc41)C(=O)N3C1CCC(=O)NC1=O)c1nnc(C)n1-2. The van der Waals surface area contributed by atoms with E-state index in [4.69, 9.17) is 40.3 Å². The predicted octanol–water partition coefficient (Wildman–Crippen LogP) is 4.34. The van der Waals surface area contributed by atoms with Gasteiger partial charge in [0, 0.05) is 46.1 Å². The molecule has 0 radical (unpaired) electrons. The molecule has 20 heteroatoms. The second-order valence-electron chi connectivity index (χ2n) is 16.6. The number of imide groups is 1. The number of piperidine rings is 1. The molecule has 0 saturated carbocycles. The zero-order valence-corrected chi connectivity index (χ0v) is 39.3. The fourth-order valence-electron chi connectivity index (χ4n) is 8.96. The van der Waals surface area contributed by atoms with Gasteiger partial charge in [-0.25, -0.2) is 0 Å². The summed E-state index contributed by atoms with van der Waals surface area (Å²) < 4.78 is 30.5. The van der Waals surface area contributed by atoms with Gasteiger partial charge >= 0.3 is 0 Å². The molecule has 4 atom stereocenters. The van der Waals surface area contributed by atoms with Gasteiger partial charge in [0.05, 0.1) is 77.1 Å². The van der Waals surface area contributed by atoms with Crippen LogP contribution in [0.1, 0.15) is 105 Å². The fourth-order valence-corrected chi connectivity index (χ4v) is 10.3. The number of nitrogens with zero attached hydrogens (tertiary/aromatic N) is 5. The maximum Gasteiger partial charge on any atom is 0.255 e. The van der Waals surface area contributed by atoms with Crippen LogP contribution in [0.4, 0.5) is 0 Å². The van der Waals surface area contributed by atoms with Crippen molar-refractivity contribution in [3.8, 4) is 5.00 Å². The van der Waals surface area contributed by atoms with E-state index in [0.29, 0.717) is 102 Å². The van der Waals surface area contributed by atoms with Crippen molar-refractivity contribution in [3.63, 3.8) is 0 Å². The number of fused-ring (bicyclic) bond motifs is 3. The average molecular weight is 960 g/mol. The van der Waals surface area contributed by atoms with Crippen LogP contribution in [0.2, 0.25) is 5.02 Å². The number of halogens is 1. The van der Waals surface area contributed by atoms with Crippen LogP contribution in [-0.2, 0) is 42.9 Å². The zero-order chi connectivity index (χ0) is 47.0. The number of aromatic nitrogens is 3. The number of hydrogen-bond donors (Lipinski definition) is 3. The Morgan fingerprint density at radius 1 is 0.821 bits per heavy atom. The number of aryl methyl sites for hydroxylation is 2. The molecule has 4 aliphatic rings. The van der Waals surface area contributed by atoms with E-state index in [1.165, 1.54) is 4.88 Å². The van der Waals surface area contributed by atoms with E-state index < -0.39 is 18.0 Å². The van der Waals surface area contributed by atoms with Crippen LogP contribution < -0.4 is 16.0 Å². The Labute approximate surface area is 397 Å².